The van der Waals surface area contributed by atoms with Gasteiger partial charge in [0.1, 0.15) is 0 Å². The quantitative estimate of drug-likeness (QED) is 0.785. The lowest BCUT2D eigenvalue weighted by molar-refractivity contribution is -0.117. The predicted molar refractivity (Wildman–Crippen MR) is 101 cm³/mol. The molecule has 2 rings (SSSR count). The van der Waals surface area contributed by atoms with E-state index >= 15 is 0 Å². The first kappa shape index (κ1) is 19.5. The van der Waals surface area contributed by atoms with Gasteiger partial charge in [0.25, 0.3) is 0 Å². The Morgan fingerprint density at radius 2 is 1.85 bits per heavy atom. The maximum Gasteiger partial charge on any atom is 0.337 e. The van der Waals surface area contributed by atoms with E-state index in [1.165, 1.54) is 18.9 Å². The monoisotopic (exact) mass is 374 g/mol. The van der Waals surface area contributed by atoms with E-state index in [2.05, 4.69) is 10.1 Å². The number of para-hydroxylation sites is 1. The molecule has 0 atom stereocenters. The fourth-order valence-electron chi connectivity index (χ4n) is 2.38. The molecule has 26 heavy (non-hydrogen) atoms. The van der Waals surface area contributed by atoms with Crippen molar-refractivity contribution in [3.05, 3.63) is 59.1 Å². The summed E-state index contributed by atoms with van der Waals surface area (Å²) in [5, 5.41) is 3.15. The number of nitrogens with one attached hydrogen (secondary N) is 1. The Morgan fingerprint density at radius 1 is 1.12 bits per heavy atom. The highest BCUT2D eigenvalue weighted by atomic mass is 35.5. The van der Waals surface area contributed by atoms with Gasteiger partial charge in [-0.05, 0) is 30.3 Å². The van der Waals surface area contributed by atoms with Gasteiger partial charge >= 0.3 is 5.97 Å². The van der Waals surface area contributed by atoms with Crippen LogP contribution in [0.4, 0.5) is 11.4 Å². The molecule has 2 aromatic rings. The number of hydrogen-bond acceptors (Lipinski definition) is 4. The normalized spacial score (nSPS) is 10.1. The van der Waals surface area contributed by atoms with Crippen molar-refractivity contribution in [2.75, 3.05) is 23.9 Å². The Labute approximate surface area is 156 Å². The van der Waals surface area contributed by atoms with Gasteiger partial charge in [-0.3, -0.25) is 9.59 Å². The maximum atomic E-state index is 12.2. The van der Waals surface area contributed by atoms with E-state index in [-0.39, 0.29) is 24.8 Å². The number of rotatable bonds is 6. The Morgan fingerprint density at radius 3 is 2.50 bits per heavy atom. The van der Waals surface area contributed by atoms with Gasteiger partial charge in [-0.25, -0.2) is 4.79 Å². The van der Waals surface area contributed by atoms with Gasteiger partial charge < -0.3 is 15.0 Å². The van der Waals surface area contributed by atoms with Gasteiger partial charge in [0.05, 0.1) is 23.4 Å². The molecule has 2 amide bonds. The van der Waals surface area contributed by atoms with Crippen LogP contribution in [0.3, 0.4) is 0 Å². The number of amides is 2. The van der Waals surface area contributed by atoms with Crippen molar-refractivity contribution in [1.29, 1.82) is 0 Å². The SMILES string of the molecule is COC(=O)c1cccc(N(CCC(=O)Nc2ccccc2Cl)C(C)=O)c1. The second-order valence-electron chi connectivity index (χ2n) is 5.49. The Bertz CT molecular complexity index is 823. The minimum atomic E-state index is -0.494. The number of benzene rings is 2. The van der Waals surface area contributed by atoms with Gasteiger partial charge in [-0.1, -0.05) is 29.8 Å². The van der Waals surface area contributed by atoms with Crippen molar-refractivity contribution >= 4 is 40.8 Å². The third-order valence-electron chi connectivity index (χ3n) is 3.67. The summed E-state index contributed by atoms with van der Waals surface area (Å²) in [6, 6.07) is 13.4. The zero-order valence-electron chi connectivity index (χ0n) is 14.5. The molecule has 0 saturated carbocycles. The lowest BCUT2D eigenvalue weighted by atomic mass is 10.1. The van der Waals surface area contributed by atoms with E-state index in [1.54, 1.807) is 48.5 Å². The molecule has 0 aliphatic rings. The zero-order valence-corrected chi connectivity index (χ0v) is 15.2. The van der Waals surface area contributed by atoms with E-state index in [0.29, 0.717) is 22.0 Å². The van der Waals surface area contributed by atoms with Crippen LogP contribution in [-0.2, 0) is 14.3 Å². The van der Waals surface area contributed by atoms with Crippen molar-refractivity contribution in [2.45, 2.75) is 13.3 Å². The molecule has 0 aliphatic heterocycles. The number of carbonyl (C=O) groups is 3. The molecule has 0 heterocycles. The molecule has 0 spiro atoms. The fraction of sp³-hybridized carbons (Fsp3) is 0.211. The first-order chi connectivity index (χ1) is 12.4. The van der Waals surface area contributed by atoms with Crippen LogP contribution in [0.2, 0.25) is 5.02 Å². The van der Waals surface area contributed by atoms with Crippen LogP contribution in [0, 0.1) is 0 Å². The summed E-state index contributed by atoms with van der Waals surface area (Å²) in [6.07, 6.45) is 0.0766. The first-order valence-corrected chi connectivity index (χ1v) is 8.31. The molecular formula is C19H19ClN2O4. The Kier molecular flexibility index (Phi) is 6.74. The molecule has 136 valence electrons. The third kappa shape index (κ3) is 5.07. The van der Waals surface area contributed by atoms with Gasteiger partial charge in [-0.2, -0.15) is 0 Å². The van der Waals surface area contributed by atoms with E-state index in [0.717, 1.165) is 0 Å². The number of methoxy groups -OCH3 is 1. The molecule has 1 N–H and O–H groups in total. The number of carbonyl (C=O) groups excluding carboxylic acids is 3. The first-order valence-electron chi connectivity index (χ1n) is 7.93. The van der Waals surface area contributed by atoms with E-state index in [9.17, 15) is 14.4 Å². The third-order valence-corrected chi connectivity index (χ3v) is 4.00. The van der Waals surface area contributed by atoms with E-state index < -0.39 is 5.97 Å². The van der Waals surface area contributed by atoms with E-state index in [4.69, 9.17) is 11.6 Å². The molecule has 0 radical (unpaired) electrons. The minimum Gasteiger partial charge on any atom is -0.465 e. The van der Waals surface area contributed by atoms with Gasteiger partial charge in [0.15, 0.2) is 0 Å². The highest BCUT2D eigenvalue weighted by molar-refractivity contribution is 6.33. The summed E-state index contributed by atoms with van der Waals surface area (Å²) >= 11 is 6.02. The number of anilines is 2. The summed E-state index contributed by atoms with van der Waals surface area (Å²) in [4.78, 5) is 37.2. The number of hydrogen-bond donors (Lipinski definition) is 1. The molecule has 0 aliphatic carbocycles. The van der Waals surface area contributed by atoms with Crippen LogP contribution < -0.4 is 10.2 Å². The minimum absolute atomic E-state index is 0.0766. The van der Waals surface area contributed by atoms with Crippen molar-refractivity contribution in [2.24, 2.45) is 0 Å². The summed E-state index contributed by atoms with van der Waals surface area (Å²) in [5.41, 5.74) is 1.36. The summed E-state index contributed by atoms with van der Waals surface area (Å²) in [7, 11) is 1.29. The topological polar surface area (TPSA) is 75.7 Å². The Hall–Kier alpha value is -2.86. The van der Waals surface area contributed by atoms with Gasteiger partial charge in [0.2, 0.25) is 11.8 Å². The fourth-order valence-corrected chi connectivity index (χ4v) is 2.56. The molecule has 0 saturated heterocycles. The lowest BCUT2D eigenvalue weighted by Crippen LogP contribution is -2.32. The maximum absolute atomic E-state index is 12.2. The number of esters is 1. The molecule has 6 nitrogen and oxygen atoms in total. The smallest absolute Gasteiger partial charge is 0.337 e. The van der Waals surface area contributed by atoms with Crippen molar-refractivity contribution in [1.82, 2.24) is 0 Å². The molecule has 2 aromatic carbocycles. The van der Waals surface area contributed by atoms with Crippen molar-refractivity contribution < 1.29 is 19.1 Å². The van der Waals surface area contributed by atoms with Crippen LogP contribution in [0.1, 0.15) is 23.7 Å². The highest BCUT2D eigenvalue weighted by Crippen LogP contribution is 2.21. The van der Waals surface area contributed by atoms with Crippen molar-refractivity contribution in [3.8, 4) is 0 Å². The van der Waals surface area contributed by atoms with Crippen LogP contribution in [0.5, 0.6) is 0 Å². The number of halogens is 1. The Balaban J connectivity index is 2.07. The lowest BCUT2D eigenvalue weighted by Gasteiger charge is -2.21. The number of ether oxygens (including phenoxy) is 1. The average Bonchev–Trinajstić information content (AvgIpc) is 2.63. The van der Waals surface area contributed by atoms with Gasteiger partial charge in [-0.15, -0.1) is 0 Å². The largest absolute Gasteiger partial charge is 0.465 e. The van der Waals surface area contributed by atoms with Crippen LogP contribution in [-0.4, -0.2) is 31.4 Å². The van der Waals surface area contributed by atoms with E-state index in [1.807, 2.05) is 0 Å². The average molecular weight is 375 g/mol. The number of nitrogens with zero attached hydrogens (tertiary/aromatic N) is 1. The molecule has 0 fully saturated rings. The van der Waals surface area contributed by atoms with Crippen molar-refractivity contribution in [3.63, 3.8) is 0 Å². The summed E-state index contributed by atoms with van der Waals surface area (Å²) < 4.78 is 4.69. The molecule has 0 unspecified atom stereocenters. The second-order valence-corrected chi connectivity index (χ2v) is 5.90. The standard InChI is InChI=1S/C19H19ClN2O4/c1-13(23)22(15-7-5-6-14(12-15)19(25)26-2)11-10-18(24)21-17-9-4-3-8-16(17)20/h3-9,12H,10-11H2,1-2H3,(H,21,24). The summed E-state index contributed by atoms with van der Waals surface area (Å²) in [5.74, 6) is -1.00. The predicted octanol–water partition coefficient (Wildman–Crippen LogP) is 3.51. The van der Waals surface area contributed by atoms with Gasteiger partial charge in [0, 0.05) is 25.6 Å². The second kappa shape index (κ2) is 9.01. The zero-order chi connectivity index (χ0) is 19.1. The molecule has 0 bridgehead atoms. The van der Waals surface area contributed by atoms with Crippen LogP contribution in [0.15, 0.2) is 48.5 Å². The molecule has 0 aromatic heterocycles. The summed E-state index contributed by atoms with van der Waals surface area (Å²) in [6.45, 7) is 1.56. The molecular weight excluding hydrogens is 356 g/mol. The van der Waals surface area contributed by atoms with Crippen LogP contribution in [0.25, 0.3) is 0 Å². The highest BCUT2D eigenvalue weighted by Gasteiger charge is 2.16. The van der Waals surface area contributed by atoms with Crippen LogP contribution >= 0.6 is 11.6 Å². The molecule has 7 heteroatoms.